The molecule has 1 saturated heterocycles. The van der Waals surface area contributed by atoms with Gasteiger partial charge in [-0.15, -0.1) is 0 Å². The predicted molar refractivity (Wildman–Crippen MR) is 82.2 cm³/mol. The fourth-order valence-corrected chi connectivity index (χ4v) is 2.67. The molecule has 2 heterocycles. The maximum absolute atomic E-state index is 11.3. The molecule has 21 heavy (non-hydrogen) atoms. The van der Waals surface area contributed by atoms with Crippen LogP contribution in [-0.4, -0.2) is 60.2 Å². The molecule has 0 unspecified atom stereocenters. The fourth-order valence-electron chi connectivity index (χ4n) is 2.67. The summed E-state index contributed by atoms with van der Waals surface area (Å²) in [7, 11) is 2.10. The minimum absolute atomic E-state index is 0.306. The van der Waals surface area contributed by atoms with Gasteiger partial charge in [-0.25, -0.2) is 9.78 Å². The highest BCUT2D eigenvalue weighted by molar-refractivity contribution is 5.89. The zero-order chi connectivity index (χ0) is 14.8. The summed E-state index contributed by atoms with van der Waals surface area (Å²) in [6, 6.07) is 3.77. The van der Waals surface area contributed by atoms with E-state index in [2.05, 4.69) is 27.1 Å². The lowest BCUT2D eigenvalue weighted by Crippen LogP contribution is -2.45. The van der Waals surface area contributed by atoms with Crippen molar-refractivity contribution >= 4 is 17.6 Å². The van der Waals surface area contributed by atoms with Gasteiger partial charge in [-0.1, -0.05) is 0 Å². The van der Waals surface area contributed by atoms with Crippen molar-refractivity contribution in [3.63, 3.8) is 0 Å². The average Bonchev–Trinajstić information content (AvgIpc) is 2.43. The van der Waals surface area contributed by atoms with Crippen molar-refractivity contribution in [1.29, 1.82) is 0 Å². The molecular weight excluding hydrogens is 268 g/mol. The number of rotatable bonds is 4. The molecule has 2 aliphatic rings. The van der Waals surface area contributed by atoms with Gasteiger partial charge in [0.2, 0.25) is 0 Å². The number of hydrogen-bond donors (Lipinski definition) is 2. The van der Waals surface area contributed by atoms with Gasteiger partial charge >= 0.3 is 5.97 Å². The summed E-state index contributed by atoms with van der Waals surface area (Å²) >= 11 is 0. The molecule has 6 nitrogen and oxygen atoms in total. The molecule has 3 rings (SSSR count). The Labute approximate surface area is 124 Å². The van der Waals surface area contributed by atoms with E-state index in [-0.39, 0.29) is 0 Å². The van der Waals surface area contributed by atoms with Gasteiger partial charge in [0.15, 0.2) is 0 Å². The van der Waals surface area contributed by atoms with Crippen molar-refractivity contribution in [2.24, 2.45) is 0 Å². The molecule has 114 valence electrons. The number of nitrogens with zero attached hydrogens (tertiary/aromatic N) is 3. The molecule has 0 aromatic carbocycles. The molecule has 1 aromatic rings. The van der Waals surface area contributed by atoms with Crippen LogP contribution in [0.5, 0.6) is 0 Å². The molecule has 1 aliphatic carbocycles. The molecule has 1 aliphatic heterocycles. The quantitative estimate of drug-likeness (QED) is 0.876. The number of carbonyl (C=O) groups is 1. The third kappa shape index (κ3) is 3.26. The number of anilines is 2. The van der Waals surface area contributed by atoms with Crippen LogP contribution in [0.2, 0.25) is 0 Å². The van der Waals surface area contributed by atoms with E-state index in [0.717, 1.165) is 44.8 Å². The third-order valence-corrected chi connectivity index (χ3v) is 4.34. The van der Waals surface area contributed by atoms with E-state index in [1.807, 2.05) is 0 Å². The third-order valence-electron chi connectivity index (χ3n) is 4.34. The number of carboxylic acid groups (broad SMARTS) is 1. The van der Waals surface area contributed by atoms with Gasteiger partial charge in [-0.05, 0) is 38.4 Å². The monoisotopic (exact) mass is 290 g/mol. The highest BCUT2D eigenvalue weighted by Crippen LogP contribution is 2.25. The van der Waals surface area contributed by atoms with Crippen molar-refractivity contribution < 1.29 is 9.90 Å². The van der Waals surface area contributed by atoms with E-state index in [0.29, 0.717) is 17.4 Å². The molecule has 2 fully saturated rings. The van der Waals surface area contributed by atoms with Crippen LogP contribution in [0.15, 0.2) is 12.1 Å². The van der Waals surface area contributed by atoms with Crippen LogP contribution in [-0.2, 0) is 0 Å². The van der Waals surface area contributed by atoms with E-state index < -0.39 is 5.97 Å². The smallest absolute Gasteiger partial charge is 0.335 e. The summed E-state index contributed by atoms with van der Waals surface area (Å²) in [5.74, 6) is 0.558. The summed E-state index contributed by atoms with van der Waals surface area (Å²) in [4.78, 5) is 20.4. The molecule has 1 aromatic heterocycles. The van der Waals surface area contributed by atoms with Crippen LogP contribution in [0.3, 0.4) is 0 Å². The maximum Gasteiger partial charge on any atom is 0.335 e. The first-order valence-corrected chi connectivity index (χ1v) is 7.57. The van der Waals surface area contributed by atoms with Crippen molar-refractivity contribution in [2.75, 3.05) is 43.4 Å². The Morgan fingerprint density at radius 2 is 2.00 bits per heavy atom. The Morgan fingerprint density at radius 1 is 1.29 bits per heavy atom. The van der Waals surface area contributed by atoms with Crippen molar-refractivity contribution in [1.82, 2.24) is 9.88 Å². The second kappa shape index (κ2) is 5.89. The number of nitrogens with one attached hydrogen (secondary N) is 1. The van der Waals surface area contributed by atoms with Crippen LogP contribution in [0.4, 0.5) is 11.6 Å². The topological polar surface area (TPSA) is 68.7 Å². The minimum Gasteiger partial charge on any atom is -0.478 e. The first kappa shape index (κ1) is 14.1. The highest BCUT2D eigenvalue weighted by Gasteiger charge is 2.21. The molecule has 0 atom stereocenters. The Kier molecular flexibility index (Phi) is 3.96. The number of piperazine rings is 1. The molecule has 0 spiro atoms. The molecular formula is C15H22N4O2. The highest BCUT2D eigenvalue weighted by atomic mass is 16.4. The van der Waals surface area contributed by atoms with Gasteiger partial charge < -0.3 is 20.2 Å². The van der Waals surface area contributed by atoms with Gasteiger partial charge in [-0.2, -0.15) is 0 Å². The normalized spacial score (nSPS) is 20.1. The zero-order valence-electron chi connectivity index (χ0n) is 12.4. The van der Waals surface area contributed by atoms with E-state index in [9.17, 15) is 9.90 Å². The fraction of sp³-hybridized carbons (Fsp3) is 0.600. The van der Waals surface area contributed by atoms with Crippen molar-refractivity contribution in [3.05, 3.63) is 17.7 Å². The number of carboxylic acids is 1. The molecule has 0 radical (unpaired) electrons. The molecule has 1 saturated carbocycles. The number of aromatic carboxylic acids is 1. The molecule has 6 heteroatoms. The number of hydrogen-bond acceptors (Lipinski definition) is 5. The van der Waals surface area contributed by atoms with E-state index >= 15 is 0 Å². The first-order chi connectivity index (χ1) is 10.1. The largest absolute Gasteiger partial charge is 0.478 e. The Hall–Kier alpha value is -1.82. The Balaban J connectivity index is 1.82. The van der Waals surface area contributed by atoms with Gasteiger partial charge in [0.25, 0.3) is 0 Å². The predicted octanol–water partition coefficient (Wildman–Crippen LogP) is 1.50. The second-order valence-electron chi connectivity index (χ2n) is 5.97. The maximum atomic E-state index is 11.3. The summed E-state index contributed by atoms with van der Waals surface area (Å²) < 4.78 is 0. The standard InChI is InChI=1S/C15H22N4O2/c1-18-5-7-19(8-6-18)14-10-11(15(20)21)9-13(17-14)16-12-3-2-4-12/h9-10,12H,2-8H2,1H3,(H,16,17)(H,20,21). The lowest BCUT2D eigenvalue weighted by atomic mass is 9.93. The molecule has 0 bridgehead atoms. The Bertz CT molecular complexity index is 522. The van der Waals surface area contributed by atoms with Crippen molar-refractivity contribution in [2.45, 2.75) is 25.3 Å². The molecule has 2 N–H and O–H groups in total. The first-order valence-electron chi connectivity index (χ1n) is 7.57. The lowest BCUT2D eigenvalue weighted by molar-refractivity contribution is 0.0697. The summed E-state index contributed by atoms with van der Waals surface area (Å²) in [6.45, 7) is 3.72. The van der Waals surface area contributed by atoms with Crippen molar-refractivity contribution in [3.8, 4) is 0 Å². The SMILES string of the molecule is CN1CCN(c2cc(C(=O)O)cc(NC3CCC3)n2)CC1. The van der Waals surface area contributed by atoms with Gasteiger partial charge in [0, 0.05) is 32.2 Å². The summed E-state index contributed by atoms with van der Waals surface area (Å²) in [5.41, 5.74) is 0.306. The summed E-state index contributed by atoms with van der Waals surface area (Å²) in [6.07, 6.45) is 3.52. The van der Waals surface area contributed by atoms with Gasteiger partial charge in [0.1, 0.15) is 11.6 Å². The number of likely N-dealkylation sites (N-methyl/N-ethyl adjacent to an activating group) is 1. The second-order valence-corrected chi connectivity index (χ2v) is 5.97. The van der Waals surface area contributed by atoms with Crippen LogP contribution in [0.1, 0.15) is 29.6 Å². The number of aromatic nitrogens is 1. The van der Waals surface area contributed by atoms with Crippen LogP contribution in [0.25, 0.3) is 0 Å². The van der Waals surface area contributed by atoms with E-state index in [1.165, 1.54) is 6.42 Å². The lowest BCUT2D eigenvalue weighted by Gasteiger charge is -2.34. The minimum atomic E-state index is -0.899. The van der Waals surface area contributed by atoms with E-state index in [1.54, 1.807) is 12.1 Å². The van der Waals surface area contributed by atoms with Crippen LogP contribution in [0, 0.1) is 0 Å². The van der Waals surface area contributed by atoms with Crippen LogP contribution < -0.4 is 10.2 Å². The average molecular weight is 290 g/mol. The van der Waals surface area contributed by atoms with E-state index in [4.69, 9.17) is 0 Å². The van der Waals surface area contributed by atoms with Crippen LogP contribution >= 0.6 is 0 Å². The summed E-state index contributed by atoms with van der Waals surface area (Å²) in [5, 5.41) is 12.6. The molecule has 0 amide bonds. The number of pyridine rings is 1. The van der Waals surface area contributed by atoms with Gasteiger partial charge in [-0.3, -0.25) is 0 Å². The zero-order valence-corrected chi connectivity index (χ0v) is 12.4. The van der Waals surface area contributed by atoms with Gasteiger partial charge in [0.05, 0.1) is 5.56 Å². The Morgan fingerprint density at radius 3 is 2.57 bits per heavy atom.